The van der Waals surface area contributed by atoms with Crippen molar-refractivity contribution in [1.82, 2.24) is 9.88 Å². The fraction of sp³-hybridized carbons (Fsp3) is 0.217. The summed E-state index contributed by atoms with van der Waals surface area (Å²) in [5, 5.41) is 0. The maximum atomic E-state index is 12.4. The maximum Gasteiger partial charge on any atom is 0.369 e. The highest BCUT2D eigenvalue weighted by molar-refractivity contribution is 7.87. The van der Waals surface area contributed by atoms with Gasteiger partial charge in [-0.3, -0.25) is 0 Å². The third-order valence-electron chi connectivity index (χ3n) is 4.46. The number of nitrogens with zero attached hydrogens (tertiary/aromatic N) is 2. The molecule has 0 bridgehead atoms. The van der Waals surface area contributed by atoms with E-state index in [1.165, 1.54) is 35.2 Å². The molecule has 0 unspecified atom stereocenters. The summed E-state index contributed by atoms with van der Waals surface area (Å²) in [5.41, 5.74) is 1.77. The lowest BCUT2D eigenvalue weighted by Gasteiger charge is -2.15. The molecule has 8 nitrogen and oxygen atoms in total. The maximum absolute atomic E-state index is 12.4. The minimum absolute atomic E-state index is 0.136. The number of allylic oxidation sites excluding steroid dienone is 1. The van der Waals surface area contributed by atoms with E-state index in [9.17, 15) is 13.2 Å². The molecule has 32 heavy (non-hydrogen) atoms. The Bertz CT molecular complexity index is 1180. The van der Waals surface area contributed by atoms with Gasteiger partial charge < -0.3 is 18.2 Å². The topological polar surface area (TPSA) is 98.9 Å². The molecule has 0 amide bonds. The standard InChI is InChI=1S/C23H24N2O6S/c1-4-21(25(2)3)23(26)31-32(27,28)20-12-10-19(11-13-20)29-15-14-18-16-30-22(24-18)17-8-6-5-7-9-17/h4-13,16H,14-15H2,1-3H3. The lowest BCUT2D eigenvalue weighted by Crippen LogP contribution is -2.23. The van der Waals surface area contributed by atoms with Crippen LogP contribution in [0.4, 0.5) is 0 Å². The van der Waals surface area contributed by atoms with E-state index in [0.29, 0.717) is 24.7 Å². The Morgan fingerprint density at radius 3 is 2.41 bits per heavy atom. The Kier molecular flexibility index (Phi) is 7.32. The molecule has 0 aliphatic rings. The van der Waals surface area contributed by atoms with Gasteiger partial charge in [-0.1, -0.05) is 24.3 Å². The predicted molar refractivity (Wildman–Crippen MR) is 118 cm³/mol. The third kappa shape index (κ3) is 5.76. The van der Waals surface area contributed by atoms with Crippen molar-refractivity contribution in [2.24, 2.45) is 0 Å². The normalized spacial score (nSPS) is 11.8. The average molecular weight is 457 g/mol. The van der Waals surface area contributed by atoms with Crippen LogP contribution in [0.5, 0.6) is 5.75 Å². The molecule has 3 aromatic rings. The van der Waals surface area contributed by atoms with Gasteiger partial charge in [0.1, 0.15) is 22.6 Å². The summed E-state index contributed by atoms with van der Waals surface area (Å²) in [6, 6.07) is 15.2. The molecule has 1 aromatic heterocycles. The van der Waals surface area contributed by atoms with Crippen molar-refractivity contribution in [3.8, 4) is 17.2 Å². The molecule has 0 radical (unpaired) electrons. The van der Waals surface area contributed by atoms with Crippen molar-refractivity contribution < 1.29 is 26.5 Å². The Hall–Kier alpha value is -3.59. The average Bonchev–Trinajstić information content (AvgIpc) is 3.23. The second-order valence-corrected chi connectivity index (χ2v) is 8.52. The number of oxazole rings is 1. The number of likely N-dealkylation sites (N-methyl/N-ethyl adjacent to an activating group) is 1. The first kappa shape index (κ1) is 23.1. The first-order valence-corrected chi connectivity index (χ1v) is 11.3. The van der Waals surface area contributed by atoms with Crippen LogP contribution in [0.25, 0.3) is 11.5 Å². The summed E-state index contributed by atoms with van der Waals surface area (Å²) in [5.74, 6) is 0.0739. The Morgan fingerprint density at radius 1 is 1.09 bits per heavy atom. The molecule has 1 heterocycles. The minimum Gasteiger partial charge on any atom is -0.493 e. The van der Waals surface area contributed by atoms with E-state index in [1.807, 2.05) is 30.3 Å². The summed E-state index contributed by atoms with van der Waals surface area (Å²) in [6.45, 7) is 1.95. The summed E-state index contributed by atoms with van der Waals surface area (Å²) in [7, 11) is -1.00. The number of carbonyl (C=O) groups excluding carboxylic acids is 1. The number of ether oxygens (including phenoxy) is 1. The van der Waals surface area contributed by atoms with Crippen molar-refractivity contribution in [3.05, 3.63) is 78.3 Å². The van der Waals surface area contributed by atoms with Gasteiger partial charge in [-0.15, -0.1) is 0 Å². The monoisotopic (exact) mass is 456 g/mol. The minimum atomic E-state index is -4.25. The lowest BCUT2D eigenvalue weighted by atomic mass is 10.2. The molecule has 3 rings (SSSR count). The van der Waals surface area contributed by atoms with Crippen LogP contribution >= 0.6 is 0 Å². The predicted octanol–water partition coefficient (Wildman–Crippen LogP) is 3.66. The van der Waals surface area contributed by atoms with Gasteiger partial charge in [0.15, 0.2) is 0 Å². The highest BCUT2D eigenvalue weighted by atomic mass is 32.2. The fourth-order valence-electron chi connectivity index (χ4n) is 2.86. The second kappa shape index (κ2) is 10.1. The number of rotatable bonds is 9. The van der Waals surface area contributed by atoms with Crippen LogP contribution in [0.15, 0.2) is 81.9 Å². The van der Waals surface area contributed by atoms with Crippen molar-refractivity contribution >= 4 is 16.1 Å². The Morgan fingerprint density at radius 2 is 1.78 bits per heavy atom. The summed E-state index contributed by atoms with van der Waals surface area (Å²) < 4.78 is 40.6. The van der Waals surface area contributed by atoms with E-state index >= 15 is 0 Å². The van der Waals surface area contributed by atoms with E-state index < -0.39 is 16.1 Å². The molecule has 0 atom stereocenters. The van der Waals surface area contributed by atoms with Crippen LogP contribution in [-0.2, 0) is 25.5 Å². The van der Waals surface area contributed by atoms with E-state index in [0.717, 1.165) is 11.3 Å². The van der Waals surface area contributed by atoms with Crippen LogP contribution in [0.1, 0.15) is 12.6 Å². The molecule has 0 aliphatic heterocycles. The zero-order valence-corrected chi connectivity index (χ0v) is 18.8. The molecular weight excluding hydrogens is 432 g/mol. The van der Waals surface area contributed by atoms with E-state index in [1.54, 1.807) is 27.3 Å². The van der Waals surface area contributed by atoms with Gasteiger partial charge in [-0.05, 0) is 43.3 Å². The molecule has 0 spiro atoms. The quantitative estimate of drug-likeness (QED) is 0.355. The van der Waals surface area contributed by atoms with Gasteiger partial charge in [0.25, 0.3) is 0 Å². The Balaban J connectivity index is 1.56. The fourth-order valence-corrected chi connectivity index (χ4v) is 3.71. The summed E-state index contributed by atoms with van der Waals surface area (Å²) in [4.78, 5) is 17.9. The molecule has 0 aliphatic carbocycles. The smallest absolute Gasteiger partial charge is 0.369 e. The molecule has 168 valence electrons. The van der Waals surface area contributed by atoms with Gasteiger partial charge in [0.2, 0.25) is 5.89 Å². The van der Waals surface area contributed by atoms with Crippen LogP contribution < -0.4 is 4.74 Å². The number of hydrogen-bond acceptors (Lipinski definition) is 8. The van der Waals surface area contributed by atoms with E-state index in [2.05, 4.69) is 4.98 Å². The van der Waals surface area contributed by atoms with Crippen molar-refractivity contribution in [2.45, 2.75) is 18.2 Å². The Labute approximate surface area is 187 Å². The van der Waals surface area contributed by atoms with Crippen LogP contribution in [-0.4, -0.2) is 45.0 Å². The number of hydrogen-bond donors (Lipinski definition) is 0. The van der Waals surface area contributed by atoms with Crippen LogP contribution in [0.2, 0.25) is 0 Å². The number of benzene rings is 2. The zero-order valence-electron chi connectivity index (χ0n) is 18.0. The van der Waals surface area contributed by atoms with Crippen molar-refractivity contribution in [3.63, 3.8) is 0 Å². The van der Waals surface area contributed by atoms with Gasteiger partial charge in [-0.2, -0.15) is 8.42 Å². The van der Waals surface area contributed by atoms with Crippen molar-refractivity contribution in [2.75, 3.05) is 20.7 Å². The molecule has 2 aromatic carbocycles. The highest BCUT2D eigenvalue weighted by Crippen LogP contribution is 2.20. The lowest BCUT2D eigenvalue weighted by molar-refractivity contribution is -0.131. The first-order valence-electron chi connectivity index (χ1n) is 9.85. The van der Waals surface area contributed by atoms with E-state index in [4.69, 9.17) is 13.3 Å². The van der Waals surface area contributed by atoms with Gasteiger partial charge in [-0.25, -0.2) is 9.78 Å². The summed E-state index contributed by atoms with van der Waals surface area (Å²) in [6.07, 6.45) is 3.58. The van der Waals surface area contributed by atoms with Crippen LogP contribution in [0.3, 0.4) is 0 Å². The second-order valence-electron chi connectivity index (χ2n) is 6.97. The number of carbonyl (C=O) groups is 1. The highest BCUT2D eigenvalue weighted by Gasteiger charge is 2.23. The zero-order chi connectivity index (χ0) is 23.1. The molecule has 0 N–H and O–H groups in total. The molecular formula is C23H24N2O6S. The molecule has 0 saturated heterocycles. The SMILES string of the molecule is CC=C(C(=O)OS(=O)(=O)c1ccc(OCCc2coc(-c3ccccc3)n2)cc1)N(C)C. The van der Waals surface area contributed by atoms with Gasteiger partial charge >= 0.3 is 16.1 Å². The summed E-state index contributed by atoms with van der Waals surface area (Å²) >= 11 is 0. The molecule has 0 fully saturated rings. The largest absolute Gasteiger partial charge is 0.493 e. The number of aromatic nitrogens is 1. The van der Waals surface area contributed by atoms with Crippen molar-refractivity contribution in [1.29, 1.82) is 0 Å². The first-order chi connectivity index (χ1) is 15.3. The van der Waals surface area contributed by atoms with Gasteiger partial charge in [0, 0.05) is 26.1 Å². The van der Waals surface area contributed by atoms with Crippen LogP contribution in [0, 0.1) is 0 Å². The molecule has 9 heteroatoms. The van der Waals surface area contributed by atoms with E-state index in [-0.39, 0.29) is 10.6 Å². The van der Waals surface area contributed by atoms with Gasteiger partial charge in [0.05, 0.1) is 12.3 Å². The molecule has 0 saturated carbocycles. The third-order valence-corrected chi connectivity index (χ3v) is 5.68.